The molecule has 0 aliphatic carbocycles. The van der Waals surface area contributed by atoms with E-state index in [1.165, 1.54) is 5.69 Å². The number of ether oxygens (including phenoxy) is 1. The van der Waals surface area contributed by atoms with Gasteiger partial charge in [-0.3, -0.25) is 4.68 Å². The second-order valence-corrected chi connectivity index (χ2v) is 8.87. The van der Waals surface area contributed by atoms with Crippen LogP contribution in [0, 0.1) is 0 Å². The minimum absolute atomic E-state index is 0.0496. The molecule has 1 saturated heterocycles. The van der Waals surface area contributed by atoms with Gasteiger partial charge in [-0.1, -0.05) is 6.92 Å². The van der Waals surface area contributed by atoms with Gasteiger partial charge in [0.1, 0.15) is 17.3 Å². The summed E-state index contributed by atoms with van der Waals surface area (Å²) in [4.78, 5) is 19.9. The number of hydrogen-bond acceptors (Lipinski definition) is 8. The van der Waals surface area contributed by atoms with E-state index in [0.29, 0.717) is 6.54 Å². The van der Waals surface area contributed by atoms with E-state index in [-0.39, 0.29) is 6.04 Å². The van der Waals surface area contributed by atoms with Crippen LogP contribution in [0.1, 0.15) is 36.7 Å². The van der Waals surface area contributed by atoms with Crippen LogP contribution < -0.4 is 15.5 Å². The molecular formula is C25H29N9O. The number of hydrogen-bond donors (Lipinski definition) is 3. The Morgan fingerprint density at radius 3 is 2.80 bits per heavy atom. The zero-order chi connectivity index (χ0) is 23.8. The zero-order valence-corrected chi connectivity index (χ0v) is 20.0. The van der Waals surface area contributed by atoms with Gasteiger partial charge in [0.2, 0.25) is 0 Å². The topological polar surface area (TPSA) is 109 Å². The third-order valence-corrected chi connectivity index (χ3v) is 6.57. The van der Waals surface area contributed by atoms with Crippen LogP contribution in [-0.4, -0.2) is 62.6 Å². The number of nitrogens with zero attached hydrogens (tertiary/aromatic N) is 6. The minimum atomic E-state index is -0.0496. The monoisotopic (exact) mass is 471 g/mol. The predicted octanol–water partition coefficient (Wildman–Crippen LogP) is 2.96. The lowest BCUT2D eigenvalue weighted by molar-refractivity contribution is 0.122. The lowest BCUT2D eigenvalue weighted by atomic mass is 10.0. The van der Waals surface area contributed by atoms with Crippen molar-refractivity contribution in [3.05, 3.63) is 60.2 Å². The molecule has 5 heterocycles. The van der Waals surface area contributed by atoms with Crippen LogP contribution in [0.4, 0.5) is 11.4 Å². The number of aromatic nitrogens is 6. The molecule has 1 fully saturated rings. The Hall–Kier alpha value is -3.92. The summed E-state index contributed by atoms with van der Waals surface area (Å²) >= 11 is 0. The largest absolute Gasteiger partial charge is 0.378 e. The number of imidazole rings is 1. The first kappa shape index (κ1) is 21.6. The Balaban J connectivity index is 1.41. The first-order chi connectivity index (χ1) is 17.2. The van der Waals surface area contributed by atoms with E-state index in [0.717, 1.165) is 78.1 Å². The highest BCUT2D eigenvalue weighted by Crippen LogP contribution is 2.35. The van der Waals surface area contributed by atoms with Crippen LogP contribution in [0.2, 0.25) is 0 Å². The van der Waals surface area contributed by atoms with Crippen molar-refractivity contribution in [2.24, 2.45) is 7.05 Å². The summed E-state index contributed by atoms with van der Waals surface area (Å²) in [6, 6.07) is 8.19. The highest BCUT2D eigenvalue weighted by molar-refractivity contribution is 5.96. The van der Waals surface area contributed by atoms with Crippen LogP contribution in [0.15, 0.2) is 42.9 Å². The van der Waals surface area contributed by atoms with E-state index >= 15 is 0 Å². The number of anilines is 2. The molecule has 10 heteroatoms. The van der Waals surface area contributed by atoms with Gasteiger partial charge in [-0.2, -0.15) is 5.10 Å². The molecule has 0 amide bonds. The molecule has 1 atom stereocenters. The number of morpholine rings is 1. The molecule has 3 N–H and O–H groups in total. The second kappa shape index (κ2) is 9.03. The maximum absolute atomic E-state index is 5.51. The van der Waals surface area contributed by atoms with Crippen molar-refractivity contribution in [3.63, 3.8) is 0 Å². The molecule has 3 aromatic heterocycles. The number of rotatable bonds is 6. The lowest BCUT2D eigenvalue weighted by Gasteiger charge is -2.28. The van der Waals surface area contributed by atoms with E-state index in [9.17, 15) is 0 Å². The Labute approximate surface area is 203 Å². The Bertz CT molecular complexity index is 1370. The van der Waals surface area contributed by atoms with Gasteiger partial charge < -0.3 is 25.3 Å². The molecular weight excluding hydrogens is 442 g/mol. The molecule has 0 radical (unpaired) electrons. The maximum Gasteiger partial charge on any atom is 0.150 e. The molecule has 35 heavy (non-hydrogen) atoms. The van der Waals surface area contributed by atoms with Gasteiger partial charge in [0.25, 0.3) is 0 Å². The highest BCUT2D eigenvalue weighted by atomic mass is 16.5. The van der Waals surface area contributed by atoms with Crippen LogP contribution in [0.5, 0.6) is 0 Å². The van der Waals surface area contributed by atoms with Gasteiger partial charge in [0.05, 0.1) is 41.7 Å². The standard InChI is InChI=1S/C25H29N9O/c1-3-18(25-26-7-4-8-27-25)29-22-17(14-28-21-15-33(2)32-23(21)22)24-30-19-6-5-16(13-20(19)31-24)34-9-11-35-12-10-34/h4-8,13,15,18,28-29H,3,9-12,14H2,1-2H3,(H,30,31)/t18-/m1/s1. The third kappa shape index (κ3) is 4.10. The molecule has 0 saturated carbocycles. The van der Waals surface area contributed by atoms with E-state index in [4.69, 9.17) is 14.8 Å². The van der Waals surface area contributed by atoms with Gasteiger partial charge in [-0.05, 0) is 30.7 Å². The van der Waals surface area contributed by atoms with E-state index in [1.807, 2.05) is 24.0 Å². The molecule has 0 unspecified atom stereocenters. The van der Waals surface area contributed by atoms with Gasteiger partial charge >= 0.3 is 0 Å². The van der Waals surface area contributed by atoms with Crippen LogP contribution >= 0.6 is 0 Å². The van der Waals surface area contributed by atoms with Gasteiger partial charge in [-0.15, -0.1) is 0 Å². The number of fused-ring (bicyclic) bond motifs is 2. The summed E-state index contributed by atoms with van der Waals surface area (Å²) in [5.74, 6) is 1.59. The quantitative estimate of drug-likeness (QED) is 0.394. The smallest absolute Gasteiger partial charge is 0.150 e. The average molecular weight is 472 g/mol. The second-order valence-electron chi connectivity index (χ2n) is 8.87. The number of aryl methyl sites for hydroxylation is 1. The Morgan fingerprint density at radius 1 is 1.17 bits per heavy atom. The molecule has 180 valence electrons. The van der Waals surface area contributed by atoms with Crippen molar-refractivity contribution in [1.82, 2.24) is 35.0 Å². The minimum Gasteiger partial charge on any atom is -0.378 e. The van der Waals surface area contributed by atoms with Crippen molar-refractivity contribution >= 4 is 33.7 Å². The molecule has 4 aromatic rings. The first-order valence-electron chi connectivity index (χ1n) is 12.1. The summed E-state index contributed by atoms with van der Waals surface area (Å²) < 4.78 is 7.34. The van der Waals surface area contributed by atoms with Crippen LogP contribution in [0.3, 0.4) is 0 Å². The molecule has 2 aliphatic heterocycles. The molecule has 1 aromatic carbocycles. The van der Waals surface area contributed by atoms with Crippen LogP contribution in [0.25, 0.3) is 22.3 Å². The first-order valence-corrected chi connectivity index (χ1v) is 12.1. The zero-order valence-electron chi connectivity index (χ0n) is 20.0. The van der Waals surface area contributed by atoms with Crippen molar-refractivity contribution < 1.29 is 4.74 Å². The third-order valence-electron chi connectivity index (χ3n) is 6.57. The average Bonchev–Trinajstić information content (AvgIpc) is 3.50. The summed E-state index contributed by atoms with van der Waals surface area (Å²) in [7, 11) is 1.93. The van der Waals surface area contributed by atoms with E-state index < -0.39 is 0 Å². The fraction of sp³-hybridized carbons (Fsp3) is 0.360. The number of nitrogens with one attached hydrogen (secondary N) is 3. The van der Waals surface area contributed by atoms with E-state index in [2.05, 4.69) is 55.6 Å². The van der Waals surface area contributed by atoms with Gasteiger partial charge in [-0.25, -0.2) is 15.0 Å². The highest BCUT2D eigenvalue weighted by Gasteiger charge is 2.27. The fourth-order valence-corrected chi connectivity index (χ4v) is 4.75. The summed E-state index contributed by atoms with van der Waals surface area (Å²) in [6.45, 7) is 6.08. The molecule has 6 rings (SSSR count). The van der Waals surface area contributed by atoms with Crippen molar-refractivity contribution in [2.45, 2.75) is 19.4 Å². The Kier molecular flexibility index (Phi) is 5.57. The fourth-order valence-electron chi connectivity index (χ4n) is 4.75. The Morgan fingerprint density at radius 2 is 2.00 bits per heavy atom. The number of aromatic amines is 1. The van der Waals surface area contributed by atoms with Crippen molar-refractivity contribution in [1.29, 1.82) is 0 Å². The normalized spacial score (nSPS) is 16.8. The SMILES string of the molecule is CC[C@@H](NC1=C(c2nc3ccc(N4CCOCC4)cc3[nH]2)CNc2cn(C)nc21)c1ncccn1. The maximum atomic E-state index is 5.51. The molecule has 2 aliphatic rings. The number of benzene rings is 1. The molecule has 10 nitrogen and oxygen atoms in total. The summed E-state index contributed by atoms with van der Waals surface area (Å²) in [5, 5.41) is 12.0. The summed E-state index contributed by atoms with van der Waals surface area (Å²) in [5.41, 5.74) is 6.99. The lowest BCUT2D eigenvalue weighted by Crippen LogP contribution is -2.36. The van der Waals surface area contributed by atoms with Crippen molar-refractivity contribution in [2.75, 3.05) is 43.1 Å². The molecule has 0 spiro atoms. The molecule has 0 bridgehead atoms. The van der Waals surface area contributed by atoms with E-state index in [1.54, 1.807) is 12.4 Å². The number of H-pyrrole nitrogens is 1. The predicted molar refractivity (Wildman–Crippen MR) is 136 cm³/mol. The van der Waals surface area contributed by atoms with Crippen molar-refractivity contribution in [3.8, 4) is 0 Å². The van der Waals surface area contributed by atoms with Gasteiger partial charge in [0, 0.05) is 56.5 Å². The van der Waals surface area contributed by atoms with Gasteiger partial charge in [0.15, 0.2) is 0 Å². The summed E-state index contributed by atoms with van der Waals surface area (Å²) in [6.07, 6.45) is 6.39. The van der Waals surface area contributed by atoms with Crippen LogP contribution in [-0.2, 0) is 11.8 Å².